The van der Waals surface area contributed by atoms with E-state index in [1.165, 1.54) is 0 Å². The van der Waals surface area contributed by atoms with Crippen LogP contribution in [0.25, 0.3) is 11.3 Å². The number of nitrogens with zero attached hydrogens (tertiary/aromatic N) is 2. The van der Waals surface area contributed by atoms with Gasteiger partial charge in [0.05, 0.1) is 40.7 Å². The van der Waals surface area contributed by atoms with Crippen molar-refractivity contribution in [1.82, 2.24) is 15.4 Å². The molecule has 3 aromatic rings. The third kappa shape index (κ3) is 5.30. The summed E-state index contributed by atoms with van der Waals surface area (Å²) in [5, 5.41) is 7.02. The first-order valence-electron chi connectivity index (χ1n) is 9.90. The Labute approximate surface area is 180 Å². The second-order valence-electron chi connectivity index (χ2n) is 6.76. The Morgan fingerprint density at radius 1 is 1.10 bits per heavy atom. The van der Waals surface area contributed by atoms with E-state index in [2.05, 4.69) is 10.5 Å². The standard InChI is InChI=1S/C22H27N3O6/c1-5-8-23-22(26)25(14-17-7-6-9-30-17)13-16-12-18(31-24-16)15-10-19(27-2)21(29-4)20(11-15)28-3/h6-7,9-12H,5,8,13-14H2,1-4H3,(H,23,26). The van der Waals surface area contributed by atoms with Crippen LogP contribution in [0.1, 0.15) is 24.8 Å². The van der Waals surface area contributed by atoms with E-state index in [0.717, 1.165) is 6.42 Å². The number of ether oxygens (including phenoxy) is 3. The zero-order chi connectivity index (χ0) is 22.2. The van der Waals surface area contributed by atoms with Gasteiger partial charge in [-0.15, -0.1) is 0 Å². The fourth-order valence-electron chi connectivity index (χ4n) is 3.08. The molecule has 31 heavy (non-hydrogen) atoms. The number of hydrogen-bond donors (Lipinski definition) is 1. The van der Waals surface area contributed by atoms with Crippen molar-refractivity contribution >= 4 is 6.03 Å². The maximum Gasteiger partial charge on any atom is 0.318 e. The van der Waals surface area contributed by atoms with Gasteiger partial charge in [-0.1, -0.05) is 12.1 Å². The van der Waals surface area contributed by atoms with Crippen molar-refractivity contribution in [2.45, 2.75) is 26.4 Å². The molecule has 0 aliphatic rings. The molecule has 2 heterocycles. The number of aromatic nitrogens is 1. The summed E-state index contributed by atoms with van der Waals surface area (Å²) in [6.07, 6.45) is 2.42. The summed E-state index contributed by atoms with van der Waals surface area (Å²) in [7, 11) is 4.65. The average Bonchev–Trinajstić information content (AvgIpc) is 3.48. The lowest BCUT2D eigenvalue weighted by Crippen LogP contribution is -2.39. The van der Waals surface area contributed by atoms with Crippen LogP contribution >= 0.6 is 0 Å². The van der Waals surface area contributed by atoms with Gasteiger partial charge in [-0.2, -0.15) is 0 Å². The Morgan fingerprint density at radius 3 is 2.42 bits per heavy atom. The van der Waals surface area contributed by atoms with Crippen molar-refractivity contribution in [3.05, 3.63) is 48.0 Å². The first-order valence-corrected chi connectivity index (χ1v) is 9.90. The van der Waals surface area contributed by atoms with E-state index in [4.69, 9.17) is 23.2 Å². The van der Waals surface area contributed by atoms with E-state index in [1.54, 1.807) is 56.8 Å². The van der Waals surface area contributed by atoms with Gasteiger partial charge in [0.2, 0.25) is 5.75 Å². The molecule has 1 aromatic carbocycles. The van der Waals surface area contributed by atoms with Crippen LogP contribution in [0.3, 0.4) is 0 Å². The molecule has 0 saturated carbocycles. The van der Waals surface area contributed by atoms with E-state index in [9.17, 15) is 4.79 Å². The molecule has 0 atom stereocenters. The second kappa shape index (κ2) is 10.4. The predicted molar refractivity (Wildman–Crippen MR) is 113 cm³/mol. The molecular formula is C22H27N3O6. The Balaban J connectivity index is 1.83. The lowest BCUT2D eigenvalue weighted by molar-refractivity contribution is 0.185. The molecule has 9 nitrogen and oxygen atoms in total. The lowest BCUT2D eigenvalue weighted by atomic mass is 10.1. The number of rotatable bonds is 10. The summed E-state index contributed by atoms with van der Waals surface area (Å²) >= 11 is 0. The van der Waals surface area contributed by atoms with E-state index in [1.807, 2.05) is 13.0 Å². The number of hydrogen-bond acceptors (Lipinski definition) is 7. The Hall–Kier alpha value is -3.62. The van der Waals surface area contributed by atoms with Crippen molar-refractivity contribution < 1.29 is 27.9 Å². The first kappa shape index (κ1) is 22.1. The summed E-state index contributed by atoms with van der Waals surface area (Å²) < 4.78 is 27.1. The quantitative estimate of drug-likeness (QED) is 0.518. The molecule has 1 N–H and O–H groups in total. The van der Waals surface area contributed by atoms with Crippen LogP contribution in [0.15, 0.2) is 45.5 Å². The fraction of sp³-hybridized carbons (Fsp3) is 0.364. The van der Waals surface area contributed by atoms with Crippen LogP contribution in [0.5, 0.6) is 17.2 Å². The van der Waals surface area contributed by atoms with E-state index < -0.39 is 0 Å². The molecule has 9 heteroatoms. The molecule has 166 valence electrons. The van der Waals surface area contributed by atoms with Gasteiger partial charge < -0.3 is 33.4 Å². The number of carbonyl (C=O) groups is 1. The maximum absolute atomic E-state index is 12.6. The minimum absolute atomic E-state index is 0.199. The molecule has 2 aromatic heterocycles. The van der Waals surface area contributed by atoms with Gasteiger partial charge >= 0.3 is 6.03 Å². The molecule has 0 aliphatic carbocycles. The van der Waals surface area contributed by atoms with Gasteiger partial charge in [-0.25, -0.2) is 4.79 Å². The van der Waals surface area contributed by atoms with Crippen LogP contribution in [0, 0.1) is 0 Å². The van der Waals surface area contributed by atoms with E-state index in [-0.39, 0.29) is 12.6 Å². The first-order chi connectivity index (χ1) is 15.1. The number of nitrogens with one attached hydrogen (secondary N) is 1. The van der Waals surface area contributed by atoms with Crippen LogP contribution in [0.2, 0.25) is 0 Å². The monoisotopic (exact) mass is 429 g/mol. The van der Waals surface area contributed by atoms with Crippen molar-refractivity contribution in [2.75, 3.05) is 27.9 Å². The van der Waals surface area contributed by atoms with Crippen molar-refractivity contribution in [1.29, 1.82) is 0 Å². The molecule has 3 rings (SSSR count). The molecule has 2 amide bonds. The molecule has 0 bridgehead atoms. The van der Waals surface area contributed by atoms with Crippen LogP contribution in [-0.2, 0) is 13.1 Å². The van der Waals surface area contributed by atoms with E-state index in [0.29, 0.717) is 53.1 Å². The fourth-order valence-corrected chi connectivity index (χ4v) is 3.08. The maximum atomic E-state index is 12.6. The molecule has 0 aliphatic heterocycles. The van der Waals surface area contributed by atoms with Crippen molar-refractivity contribution in [3.8, 4) is 28.6 Å². The number of methoxy groups -OCH3 is 3. The van der Waals surface area contributed by atoms with Crippen molar-refractivity contribution in [3.63, 3.8) is 0 Å². The molecule has 0 spiro atoms. The number of benzene rings is 1. The van der Waals surface area contributed by atoms with Gasteiger partial charge in [-0.3, -0.25) is 0 Å². The SMILES string of the molecule is CCCNC(=O)N(Cc1cc(-c2cc(OC)c(OC)c(OC)c2)on1)Cc1ccco1. The Kier molecular flexibility index (Phi) is 7.42. The van der Waals surface area contributed by atoms with Crippen LogP contribution in [-0.4, -0.2) is 44.0 Å². The zero-order valence-electron chi connectivity index (χ0n) is 18.1. The van der Waals surface area contributed by atoms with Crippen molar-refractivity contribution in [2.24, 2.45) is 0 Å². The minimum atomic E-state index is -0.199. The topological polar surface area (TPSA) is 99.2 Å². The lowest BCUT2D eigenvalue weighted by Gasteiger charge is -2.20. The number of urea groups is 1. The highest BCUT2D eigenvalue weighted by Gasteiger charge is 2.20. The predicted octanol–water partition coefficient (Wildman–Crippen LogP) is 4.08. The van der Waals surface area contributed by atoms with Gasteiger partial charge in [0.15, 0.2) is 17.3 Å². The molecule has 0 saturated heterocycles. The number of carbonyl (C=O) groups excluding carboxylic acids is 1. The van der Waals surface area contributed by atoms with Crippen LogP contribution < -0.4 is 19.5 Å². The zero-order valence-corrected chi connectivity index (χ0v) is 18.1. The highest BCUT2D eigenvalue weighted by Crippen LogP contribution is 2.41. The minimum Gasteiger partial charge on any atom is -0.493 e. The smallest absolute Gasteiger partial charge is 0.318 e. The number of amides is 2. The summed E-state index contributed by atoms with van der Waals surface area (Å²) in [4.78, 5) is 14.2. The third-order valence-corrected chi connectivity index (χ3v) is 4.60. The average molecular weight is 429 g/mol. The van der Waals surface area contributed by atoms with Gasteiger partial charge in [0.1, 0.15) is 11.5 Å². The van der Waals surface area contributed by atoms with Gasteiger partial charge in [0, 0.05) is 18.2 Å². The summed E-state index contributed by atoms with van der Waals surface area (Å²) in [6, 6.07) is 8.75. The summed E-state index contributed by atoms with van der Waals surface area (Å²) in [6.45, 7) is 3.15. The molecule has 0 fully saturated rings. The number of furan rings is 1. The second-order valence-corrected chi connectivity index (χ2v) is 6.76. The van der Waals surface area contributed by atoms with Gasteiger partial charge in [-0.05, 0) is 30.7 Å². The molecule has 0 unspecified atom stereocenters. The van der Waals surface area contributed by atoms with Crippen LogP contribution in [0.4, 0.5) is 4.79 Å². The largest absolute Gasteiger partial charge is 0.493 e. The highest BCUT2D eigenvalue weighted by atomic mass is 16.5. The highest BCUT2D eigenvalue weighted by molar-refractivity contribution is 5.74. The molecule has 0 radical (unpaired) electrons. The normalized spacial score (nSPS) is 10.6. The Bertz CT molecular complexity index is 958. The molecular weight excluding hydrogens is 402 g/mol. The Morgan fingerprint density at radius 2 is 1.84 bits per heavy atom. The summed E-state index contributed by atoms with van der Waals surface area (Å²) in [5.74, 6) is 2.70. The third-order valence-electron chi connectivity index (χ3n) is 4.60. The van der Waals surface area contributed by atoms with E-state index >= 15 is 0 Å². The van der Waals surface area contributed by atoms with Gasteiger partial charge in [0.25, 0.3) is 0 Å². The summed E-state index contributed by atoms with van der Waals surface area (Å²) in [5.41, 5.74) is 1.31.